The van der Waals surface area contributed by atoms with E-state index >= 15 is 0 Å². The van der Waals surface area contributed by atoms with Crippen molar-refractivity contribution in [3.8, 4) is 11.5 Å². The molecule has 0 radical (unpaired) electrons. The lowest BCUT2D eigenvalue weighted by Crippen LogP contribution is -2.46. The molecule has 0 spiro atoms. The van der Waals surface area contributed by atoms with Crippen molar-refractivity contribution in [2.45, 2.75) is 39.7 Å². The van der Waals surface area contributed by atoms with Crippen molar-refractivity contribution in [1.82, 2.24) is 5.32 Å². The number of ketones is 1. The number of nitrogens with zero attached hydrogens (tertiary/aromatic N) is 1. The number of anilines is 1. The molecule has 4 rings (SSSR count). The predicted molar refractivity (Wildman–Crippen MR) is 127 cm³/mol. The average molecular weight is 467 g/mol. The summed E-state index contributed by atoms with van der Waals surface area (Å²) in [6.45, 7) is 6.58. The maximum atomic E-state index is 12.9. The first-order valence-corrected chi connectivity index (χ1v) is 11.5. The van der Waals surface area contributed by atoms with Crippen LogP contribution in [0.2, 0.25) is 0 Å². The summed E-state index contributed by atoms with van der Waals surface area (Å²) in [5.74, 6) is 0.283. The normalized spacial score (nSPS) is 17.2. The summed E-state index contributed by atoms with van der Waals surface area (Å²) < 4.78 is 16.9. The molecule has 0 aliphatic carbocycles. The number of amides is 2. The van der Waals surface area contributed by atoms with E-state index in [-0.39, 0.29) is 43.5 Å². The smallest absolute Gasteiger partial charge is 0.265 e. The molecule has 2 aromatic carbocycles. The van der Waals surface area contributed by atoms with Crippen LogP contribution in [0.25, 0.3) is 0 Å². The molecule has 1 saturated heterocycles. The molecule has 0 aromatic heterocycles. The van der Waals surface area contributed by atoms with E-state index in [4.69, 9.17) is 14.2 Å². The number of Topliss-reactive ketones (excluding diaryl/α,β-unsaturated/α-hetero) is 1. The Balaban J connectivity index is 1.44. The second-order valence-electron chi connectivity index (χ2n) is 8.83. The number of rotatable bonds is 8. The summed E-state index contributed by atoms with van der Waals surface area (Å²) in [4.78, 5) is 39.3. The van der Waals surface area contributed by atoms with Crippen LogP contribution in [0.1, 0.15) is 39.9 Å². The van der Waals surface area contributed by atoms with Crippen LogP contribution in [-0.2, 0) is 14.3 Å². The molecule has 8 heteroatoms. The van der Waals surface area contributed by atoms with Gasteiger partial charge in [-0.2, -0.15) is 0 Å². The number of ether oxygens (including phenoxy) is 3. The molecular weight excluding hydrogens is 436 g/mol. The third-order valence-corrected chi connectivity index (χ3v) is 6.03. The Bertz CT molecular complexity index is 1080. The number of hydrogen-bond acceptors (Lipinski definition) is 6. The molecule has 8 nitrogen and oxygen atoms in total. The quantitative estimate of drug-likeness (QED) is 0.602. The van der Waals surface area contributed by atoms with Crippen molar-refractivity contribution in [3.05, 3.63) is 52.6 Å². The first-order chi connectivity index (χ1) is 16.3. The lowest BCUT2D eigenvalue weighted by Gasteiger charge is -2.29. The van der Waals surface area contributed by atoms with Gasteiger partial charge in [0.2, 0.25) is 5.91 Å². The largest absolute Gasteiger partial charge is 0.485 e. The minimum atomic E-state index is -0.341. The molecule has 0 unspecified atom stereocenters. The summed E-state index contributed by atoms with van der Waals surface area (Å²) in [5.41, 5.74) is 3.85. The van der Waals surface area contributed by atoms with E-state index in [9.17, 15) is 14.4 Å². The number of hydrogen-bond donors (Lipinski definition) is 1. The highest BCUT2D eigenvalue weighted by Crippen LogP contribution is 2.33. The van der Waals surface area contributed by atoms with E-state index in [0.717, 1.165) is 29.5 Å². The first kappa shape index (κ1) is 23.8. The standard InChI is InChI=1S/C26H30N2O6/c1-16-9-17(2)26(18(3)10-16)34-14-22(29)19-6-7-23-21(11-19)28(25(31)15-33-23)13-24(30)27-12-20-5-4-8-32-20/h6-7,9-11,20H,4-5,8,12-15H2,1-3H3,(H,27,30)/t20-/m0/s1. The molecular formula is C26H30N2O6. The van der Waals surface area contributed by atoms with Crippen molar-refractivity contribution in [2.24, 2.45) is 0 Å². The first-order valence-electron chi connectivity index (χ1n) is 11.5. The Morgan fingerprint density at radius 2 is 1.91 bits per heavy atom. The third-order valence-electron chi connectivity index (χ3n) is 6.03. The van der Waals surface area contributed by atoms with Gasteiger partial charge < -0.3 is 19.5 Å². The van der Waals surface area contributed by atoms with E-state index < -0.39 is 0 Å². The number of carbonyl (C=O) groups is 3. The summed E-state index contributed by atoms with van der Waals surface area (Å²) in [6.07, 6.45) is 1.91. The summed E-state index contributed by atoms with van der Waals surface area (Å²) >= 11 is 0. The number of fused-ring (bicyclic) bond motifs is 1. The zero-order valence-electron chi connectivity index (χ0n) is 19.8. The highest BCUT2D eigenvalue weighted by molar-refractivity contribution is 6.04. The topological polar surface area (TPSA) is 94.2 Å². The molecule has 2 amide bonds. The number of carbonyl (C=O) groups excluding carboxylic acids is 3. The second kappa shape index (κ2) is 10.3. The summed E-state index contributed by atoms with van der Waals surface area (Å²) in [7, 11) is 0. The average Bonchev–Trinajstić information content (AvgIpc) is 3.32. The van der Waals surface area contributed by atoms with E-state index in [0.29, 0.717) is 35.9 Å². The van der Waals surface area contributed by atoms with Gasteiger partial charge in [0.05, 0.1) is 11.8 Å². The molecule has 2 aliphatic heterocycles. The highest BCUT2D eigenvalue weighted by Gasteiger charge is 2.29. The van der Waals surface area contributed by atoms with Crippen molar-refractivity contribution in [2.75, 3.05) is 37.8 Å². The second-order valence-corrected chi connectivity index (χ2v) is 8.83. The monoisotopic (exact) mass is 466 g/mol. The molecule has 2 heterocycles. The van der Waals surface area contributed by atoms with Crippen LogP contribution in [0.3, 0.4) is 0 Å². The van der Waals surface area contributed by atoms with Gasteiger partial charge in [-0.05, 0) is 62.9 Å². The van der Waals surface area contributed by atoms with Crippen LogP contribution >= 0.6 is 0 Å². The molecule has 1 fully saturated rings. The van der Waals surface area contributed by atoms with Crippen LogP contribution in [-0.4, -0.2) is 56.6 Å². The van der Waals surface area contributed by atoms with Gasteiger partial charge in [0, 0.05) is 18.7 Å². The van der Waals surface area contributed by atoms with Crippen LogP contribution in [0, 0.1) is 20.8 Å². The molecule has 1 N–H and O–H groups in total. The van der Waals surface area contributed by atoms with E-state index in [1.54, 1.807) is 18.2 Å². The van der Waals surface area contributed by atoms with E-state index in [1.807, 2.05) is 32.9 Å². The van der Waals surface area contributed by atoms with Gasteiger partial charge in [0.15, 0.2) is 19.0 Å². The molecule has 0 saturated carbocycles. The SMILES string of the molecule is Cc1cc(C)c(OCC(=O)c2ccc3c(c2)N(CC(=O)NC[C@@H]2CCCO2)C(=O)CO3)c(C)c1. The Kier molecular flexibility index (Phi) is 7.17. The zero-order chi connectivity index (χ0) is 24.2. The molecule has 0 bridgehead atoms. The highest BCUT2D eigenvalue weighted by atomic mass is 16.5. The van der Waals surface area contributed by atoms with E-state index in [1.165, 1.54) is 4.90 Å². The van der Waals surface area contributed by atoms with Gasteiger partial charge in [0.1, 0.15) is 18.0 Å². The lowest BCUT2D eigenvalue weighted by molar-refractivity contribution is -0.125. The van der Waals surface area contributed by atoms with Gasteiger partial charge in [-0.25, -0.2) is 0 Å². The number of aryl methyl sites for hydroxylation is 3. The molecule has 180 valence electrons. The Hall–Kier alpha value is -3.39. The minimum Gasteiger partial charge on any atom is -0.485 e. The van der Waals surface area contributed by atoms with Crippen LogP contribution in [0.4, 0.5) is 5.69 Å². The fourth-order valence-electron chi connectivity index (χ4n) is 4.40. The predicted octanol–water partition coefficient (Wildman–Crippen LogP) is 2.89. The number of nitrogens with one attached hydrogen (secondary N) is 1. The Morgan fingerprint density at radius 3 is 2.62 bits per heavy atom. The van der Waals surface area contributed by atoms with E-state index in [2.05, 4.69) is 5.32 Å². The minimum absolute atomic E-state index is 0.0154. The number of benzene rings is 2. The van der Waals surface area contributed by atoms with Crippen LogP contribution in [0.5, 0.6) is 11.5 Å². The summed E-state index contributed by atoms with van der Waals surface area (Å²) in [5, 5.41) is 2.83. The van der Waals surface area contributed by atoms with Gasteiger partial charge in [-0.1, -0.05) is 17.7 Å². The fourth-order valence-corrected chi connectivity index (χ4v) is 4.40. The van der Waals surface area contributed by atoms with Gasteiger partial charge >= 0.3 is 0 Å². The fraction of sp³-hybridized carbons (Fsp3) is 0.423. The maximum Gasteiger partial charge on any atom is 0.265 e. The van der Waals surface area contributed by atoms with Gasteiger partial charge in [-0.15, -0.1) is 0 Å². The van der Waals surface area contributed by atoms with Crippen molar-refractivity contribution in [3.63, 3.8) is 0 Å². The van der Waals surface area contributed by atoms with Crippen molar-refractivity contribution >= 4 is 23.3 Å². The van der Waals surface area contributed by atoms with Gasteiger partial charge in [-0.3, -0.25) is 19.3 Å². The maximum absolute atomic E-state index is 12.9. The lowest BCUT2D eigenvalue weighted by atomic mass is 10.1. The third kappa shape index (κ3) is 5.39. The summed E-state index contributed by atoms with van der Waals surface area (Å²) in [6, 6.07) is 8.90. The molecule has 34 heavy (non-hydrogen) atoms. The Morgan fingerprint density at radius 1 is 1.15 bits per heavy atom. The van der Waals surface area contributed by atoms with Crippen molar-refractivity contribution in [1.29, 1.82) is 0 Å². The van der Waals surface area contributed by atoms with Gasteiger partial charge in [0.25, 0.3) is 5.91 Å². The zero-order valence-corrected chi connectivity index (χ0v) is 19.8. The molecule has 1 atom stereocenters. The molecule has 2 aromatic rings. The Labute approximate surface area is 199 Å². The van der Waals surface area contributed by atoms with Crippen LogP contribution in [0.15, 0.2) is 30.3 Å². The molecule has 2 aliphatic rings. The van der Waals surface area contributed by atoms with Crippen LogP contribution < -0.4 is 19.7 Å². The van der Waals surface area contributed by atoms with Crippen molar-refractivity contribution < 1.29 is 28.6 Å².